The van der Waals surface area contributed by atoms with Crippen LogP contribution in [0.1, 0.15) is 24.1 Å². The largest absolute Gasteiger partial charge is 0.469 e. The molecule has 0 aliphatic carbocycles. The third-order valence-electron chi connectivity index (χ3n) is 2.51. The minimum Gasteiger partial charge on any atom is -0.469 e. The minimum absolute atomic E-state index is 0.129. The highest BCUT2D eigenvalue weighted by molar-refractivity contribution is 7.11. The van der Waals surface area contributed by atoms with E-state index in [1.807, 2.05) is 0 Å². The van der Waals surface area contributed by atoms with Crippen LogP contribution in [-0.2, 0) is 16.0 Å². The number of unbranched alkanes of at least 4 members (excludes halogenated alkanes) is 1. The smallest absolute Gasteiger partial charge is 0.305 e. The molecule has 0 aromatic carbocycles. The summed E-state index contributed by atoms with van der Waals surface area (Å²) in [4.78, 5) is 19.6. The standard InChI is InChI=1S/C11H14N2O2S/c1-15-10(14)5-3-2-4-9-11-8(6-16-9)12-7-13-11/h6-7H,2-5H2,1H3,(H,12,13). The summed E-state index contributed by atoms with van der Waals surface area (Å²) in [7, 11) is 1.43. The second-order valence-electron chi connectivity index (χ2n) is 3.61. The summed E-state index contributed by atoms with van der Waals surface area (Å²) >= 11 is 1.72. The van der Waals surface area contributed by atoms with Crippen LogP contribution in [0.15, 0.2) is 11.7 Å². The van der Waals surface area contributed by atoms with Gasteiger partial charge in [0.1, 0.15) is 5.52 Å². The Morgan fingerprint density at radius 2 is 2.44 bits per heavy atom. The average Bonchev–Trinajstić information content (AvgIpc) is 2.87. The first-order valence-electron chi connectivity index (χ1n) is 5.27. The Balaban J connectivity index is 1.82. The molecule has 0 saturated carbocycles. The van der Waals surface area contributed by atoms with Crippen molar-refractivity contribution >= 4 is 28.3 Å². The summed E-state index contributed by atoms with van der Waals surface area (Å²) in [5, 5.41) is 2.08. The van der Waals surface area contributed by atoms with Crippen LogP contribution in [0, 0.1) is 0 Å². The maximum atomic E-state index is 10.9. The van der Waals surface area contributed by atoms with E-state index in [0.717, 1.165) is 30.3 Å². The summed E-state index contributed by atoms with van der Waals surface area (Å²) in [6, 6.07) is 0. The summed E-state index contributed by atoms with van der Waals surface area (Å²) in [5.74, 6) is -0.129. The van der Waals surface area contributed by atoms with Crippen molar-refractivity contribution < 1.29 is 9.53 Å². The van der Waals surface area contributed by atoms with Crippen LogP contribution >= 0.6 is 11.3 Å². The lowest BCUT2D eigenvalue weighted by atomic mass is 10.1. The quantitative estimate of drug-likeness (QED) is 0.643. The fourth-order valence-electron chi connectivity index (χ4n) is 1.64. The number of carbonyl (C=O) groups excluding carboxylic acids is 1. The molecule has 0 aliphatic rings. The van der Waals surface area contributed by atoms with Crippen LogP contribution < -0.4 is 0 Å². The van der Waals surface area contributed by atoms with Crippen molar-refractivity contribution in [1.29, 1.82) is 0 Å². The lowest BCUT2D eigenvalue weighted by Crippen LogP contribution is -1.99. The Morgan fingerprint density at radius 3 is 3.25 bits per heavy atom. The number of aromatic nitrogens is 2. The van der Waals surface area contributed by atoms with Gasteiger partial charge in [-0.3, -0.25) is 4.79 Å². The van der Waals surface area contributed by atoms with Crippen molar-refractivity contribution in [3.8, 4) is 0 Å². The number of rotatable bonds is 5. The van der Waals surface area contributed by atoms with Crippen LogP contribution in [-0.4, -0.2) is 23.0 Å². The third-order valence-corrected chi connectivity index (χ3v) is 3.55. The molecule has 1 N–H and O–H groups in total. The number of methoxy groups -OCH3 is 1. The molecule has 0 amide bonds. The molecule has 4 nitrogen and oxygen atoms in total. The van der Waals surface area contributed by atoms with Gasteiger partial charge < -0.3 is 9.72 Å². The van der Waals surface area contributed by atoms with Crippen LogP contribution in [0.25, 0.3) is 11.0 Å². The maximum Gasteiger partial charge on any atom is 0.305 e. The van der Waals surface area contributed by atoms with Gasteiger partial charge in [-0.2, -0.15) is 0 Å². The average molecular weight is 238 g/mol. The first kappa shape index (κ1) is 11.1. The fraction of sp³-hybridized carbons (Fsp3) is 0.455. The maximum absolute atomic E-state index is 10.9. The first-order valence-corrected chi connectivity index (χ1v) is 6.15. The molecule has 2 aromatic rings. The number of fused-ring (bicyclic) bond motifs is 1. The van der Waals surface area contributed by atoms with E-state index in [1.165, 1.54) is 12.0 Å². The molecule has 0 fully saturated rings. The molecule has 0 aliphatic heterocycles. The predicted octanol–water partition coefficient (Wildman–Crippen LogP) is 2.51. The molecule has 0 radical (unpaired) electrons. The Morgan fingerprint density at radius 1 is 1.56 bits per heavy atom. The van der Waals surface area contributed by atoms with Crippen LogP contribution in [0.4, 0.5) is 0 Å². The monoisotopic (exact) mass is 238 g/mol. The van der Waals surface area contributed by atoms with Crippen molar-refractivity contribution in [2.24, 2.45) is 0 Å². The SMILES string of the molecule is COC(=O)CCCCc1scc2[nH]cnc12. The van der Waals surface area contributed by atoms with Crippen LogP contribution in [0.3, 0.4) is 0 Å². The molecule has 2 aromatic heterocycles. The molecule has 0 spiro atoms. The van der Waals surface area contributed by atoms with Gasteiger partial charge in [0, 0.05) is 16.7 Å². The highest BCUT2D eigenvalue weighted by atomic mass is 32.1. The van der Waals surface area contributed by atoms with Crippen LogP contribution in [0.5, 0.6) is 0 Å². The number of hydrogen-bond acceptors (Lipinski definition) is 4. The number of aromatic amines is 1. The van der Waals surface area contributed by atoms with E-state index < -0.39 is 0 Å². The van der Waals surface area contributed by atoms with Gasteiger partial charge in [0.15, 0.2) is 0 Å². The molecule has 16 heavy (non-hydrogen) atoms. The Bertz CT molecular complexity index is 475. The van der Waals surface area contributed by atoms with Crippen molar-refractivity contribution in [1.82, 2.24) is 9.97 Å². The highest BCUT2D eigenvalue weighted by Gasteiger charge is 2.06. The lowest BCUT2D eigenvalue weighted by molar-refractivity contribution is -0.140. The third kappa shape index (κ3) is 2.41. The molecule has 2 rings (SSSR count). The summed E-state index contributed by atoms with van der Waals surface area (Å²) < 4.78 is 4.59. The molecule has 86 valence electrons. The van der Waals surface area contributed by atoms with Gasteiger partial charge in [-0.1, -0.05) is 0 Å². The molecular weight excluding hydrogens is 224 g/mol. The second kappa shape index (κ2) is 5.12. The van der Waals surface area contributed by atoms with E-state index >= 15 is 0 Å². The second-order valence-corrected chi connectivity index (χ2v) is 4.57. The number of nitrogens with zero attached hydrogens (tertiary/aromatic N) is 1. The Labute approximate surface area is 97.6 Å². The van der Waals surface area contributed by atoms with Gasteiger partial charge in [0.2, 0.25) is 0 Å². The van der Waals surface area contributed by atoms with Gasteiger partial charge >= 0.3 is 5.97 Å². The predicted molar refractivity (Wildman–Crippen MR) is 63.5 cm³/mol. The number of ether oxygens (including phenoxy) is 1. The van der Waals surface area contributed by atoms with E-state index in [9.17, 15) is 4.79 Å². The fourth-order valence-corrected chi connectivity index (χ4v) is 2.61. The molecule has 5 heteroatoms. The van der Waals surface area contributed by atoms with Crippen molar-refractivity contribution in [3.63, 3.8) is 0 Å². The van der Waals surface area contributed by atoms with Gasteiger partial charge in [-0.25, -0.2) is 4.98 Å². The molecular formula is C11H14N2O2S. The zero-order valence-electron chi connectivity index (χ0n) is 9.16. The lowest BCUT2D eigenvalue weighted by Gasteiger charge is -1.98. The number of esters is 1. The van der Waals surface area contributed by atoms with E-state index in [-0.39, 0.29) is 5.97 Å². The molecule has 0 atom stereocenters. The topological polar surface area (TPSA) is 55.0 Å². The Hall–Kier alpha value is -1.36. The summed E-state index contributed by atoms with van der Waals surface area (Å²) in [5.41, 5.74) is 2.18. The molecule has 0 saturated heterocycles. The number of carbonyl (C=O) groups is 1. The zero-order valence-corrected chi connectivity index (χ0v) is 9.97. The van der Waals surface area contributed by atoms with Crippen molar-refractivity contribution in [2.75, 3.05) is 7.11 Å². The van der Waals surface area contributed by atoms with Gasteiger partial charge in [-0.15, -0.1) is 11.3 Å². The molecule has 2 heterocycles. The van der Waals surface area contributed by atoms with E-state index in [4.69, 9.17) is 0 Å². The summed E-state index contributed by atoms with van der Waals surface area (Å²) in [6.07, 6.45) is 5.07. The number of H-pyrrole nitrogens is 1. The van der Waals surface area contributed by atoms with E-state index in [0.29, 0.717) is 6.42 Å². The minimum atomic E-state index is -0.129. The van der Waals surface area contributed by atoms with Crippen molar-refractivity contribution in [2.45, 2.75) is 25.7 Å². The van der Waals surface area contributed by atoms with E-state index in [2.05, 4.69) is 20.1 Å². The van der Waals surface area contributed by atoms with Crippen LogP contribution in [0.2, 0.25) is 0 Å². The van der Waals surface area contributed by atoms with E-state index in [1.54, 1.807) is 17.7 Å². The number of aryl methyl sites for hydroxylation is 1. The number of nitrogens with one attached hydrogen (secondary N) is 1. The van der Waals surface area contributed by atoms with Gasteiger partial charge in [-0.05, 0) is 19.3 Å². The molecule has 0 bridgehead atoms. The normalized spacial score (nSPS) is 10.8. The molecule has 0 unspecified atom stereocenters. The van der Waals surface area contributed by atoms with Crippen molar-refractivity contribution in [3.05, 3.63) is 16.6 Å². The Kier molecular flexibility index (Phi) is 3.56. The first-order chi connectivity index (χ1) is 7.81. The summed E-state index contributed by atoms with van der Waals surface area (Å²) in [6.45, 7) is 0. The van der Waals surface area contributed by atoms with Gasteiger partial charge in [0.25, 0.3) is 0 Å². The number of hydrogen-bond donors (Lipinski definition) is 1. The highest BCUT2D eigenvalue weighted by Crippen LogP contribution is 2.24. The number of imidazole rings is 1. The number of thiophene rings is 1. The van der Waals surface area contributed by atoms with Gasteiger partial charge in [0.05, 0.1) is 19.0 Å². The zero-order chi connectivity index (χ0) is 11.4.